The van der Waals surface area contributed by atoms with E-state index in [1.807, 2.05) is 30.5 Å². The molecule has 0 aliphatic carbocycles. The van der Waals surface area contributed by atoms with E-state index in [1.54, 1.807) is 12.4 Å². The lowest BCUT2D eigenvalue weighted by atomic mass is 10.00. The summed E-state index contributed by atoms with van der Waals surface area (Å²) in [6.07, 6.45) is 8.45. The zero-order valence-corrected chi connectivity index (χ0v) is 14.5. The van der Waals surface area contributed by atoms with Gasteiger partial charge in [0.05, 0.1) is 11.7 Å². The van der Waals surface area contributed by atoms with Crippen LogP contribution in [-0.4, -0.2) is 15.2 Å². The number of fused-ring (bicyclic) bond motifs is 1. The second-order valence-corrected chi connectivity index (χ2v) is 6.05. The van der Waals surface area contributed by atoms with E-state index < -0.39 is 0 Å². The normalized spacial score (nSPS) is 11.7. The van der Waals surface area contributed by atoms with Gasteiger partial charge < -0.3 is 4.74 Å². The van der Waals surface area contributed by atoms with Crippen LogP contribution in [0.2, 0.25) is 0 Å². The van der Waals surface area contributed by atoms with Gasteiger partial charge in [-0.1, -0.05) is 31.2 Å². The zero-order valence-electron chi connectivity index (χ0n) is 14.5. The molecule has 26 heavy (non-hydrogen) atoms. The SMILES string of the molecule is CC/C(=C\c1ccc2[nH]ncc2c1)c1cccc(Oc2ccncc2)c1. The van der Waals surface area contributed by atoms with Crippen molar-refractivity contribution in [2.45, 2.75) is 13.3 Å². The molecule has 0 saturated heterocycles. The Balaban J connectivity index is 1.64. The third-order valence-corrected chi connectivity index (χ3v) is 4.28. The quantitative estimate of drug-likeness (QED) is 0.474. The smallest absolute Gasteiger partial charge is 0.130 e. The summed E-state index contributed by atoms with van der Waals surface area (Å²) >= 11 is 0. The van der Waals surface area contributed by atoms with E-state index in [0.29, 0.717) is 0 Å². The van der Waals surface area contributed by atoms with Crippen molar-refractivity contribution < 1.29 is 4.74 Å². The van der Waals surface area contributed by atoms with E-state index >= 15 is 0 Å². The highest BCUT2D eigenvalue weighted by atomic mass is 16.5. The van der Waals surface area contributed by atoms with Crippen molar-refractivity contribution in [3.05, 3.63) is 84.3 Å². The molecule has 0 aliphatic heterocycles. The molecule has 0 spiro atoms. The standard InChI is InChI=1S/C22H19N3O/c1-2-17(12-16-6-7-22-19(13-16)15-24-25-22)18-4-3-5-21(14-18)26-20-8-10-23-11-9-20/h3-15H,2H2,1H3,(H,24,25)/b17-12+. The number of benzene rings is 2. The summed E-state index contributed by atoms with van der Waals surface area (Å²) in [5.74, 6) is 1.60. The summed E-state index contributed by atoms with van der Waals surface area (Å²) < 4.78 is 5.93. The van der Waals surface area contributed by atoms with Crippen molar-refractivity contribution >= 4 is 22.6 Å². The Kier molecular flexibility index (Phi) is 4.48. The fourth-order valence-corrected chi connectivity index (χ4v) is 2.94. The largest absolute Gasteiger partial charge is 0.457 e. The maximum absolute atomic E-state index is 5.93. The summed E-state index contributed by atoms with van der Waals surface area (Å²) in [6.45, 7) is 2.17. The molecule has 0 amide bonds. The Hall–Kier alpha value is -3.40. The van der Waals surface area contributed by atoms with Crippen LogP contribution in [-0.2, 0) is 0 Å². The number of nitrogens with zero attached hydrogens (tertiary/aromatic N) is 2. The third-order valence-electron chi connectivity index (χ3n) is 4.28. The minimum Gasteiger partial charge on any atom is -0.457 e. The number of aromatic amines is 1. The van der Waals surface area contributed by atoms with Crippen LogP contribution in [0.5, 0.6) is 11.5 Å². The van der Waals surface area contributed by atoms with Gasteiger partial charge in [0.25, 0.3) is 0 Å². The lowest BCUT2D eigenvalue weighted by Gasteiger charge is -2.10. The molecule has 0 aliphatic rings. The van der Waals surface area contributed by atoms with Gasteiger partial charge in [-0.05, 0) is 59.5 Å². The molecule has 4 aromatic rings. The minimum atomic E-state index is 0.782. The van der Waals surface area contributed by atoms with Gasteiger partial charge in [0.15, 0.2) is 0 Å². The number of pyridine rings is 1. The van der Waals surface area contributed by atoms with Crippen LogP contribution in [0.25, 0.3) is 22.6 Å². The molecular formula is C22H19N3O. The molecule has 4 heteroatoms. The molecule has 0 radical (unpaired) electrons. The first-order chi connectivity index (χ1) is 12.8. The van der Waals surface area contributed by atoms with E-state index in [0.717, 1.165) is 39.9 Å². The molecule has 128 valence electrons. The molecule has 1 N–H and O–H groups in total. The van der Waals surface area contributed by atoms with Crippen molar-refractivity contribution in [1.29, 1.82) is 0 Å². The minimum absolute atomic E-state index is 0.782. The van der Waals surface area contributed by atoms with Gasteiger partial charge in [-0.25, -0.2) is 0 Å². The van der Waals surface area contributed by atoms with Crippen LogP contribution in [0.15, 0.2) is 73.2 Å². The van der Waals surface area contributed by atoms with Crippen LogP contribution in [0.1, 0.15) is 24.5 Å². The Bertz CT molecular complexity index is 1050. The maximum Gasteiger partial charge on any atom is 0.130 e. The molecule has 4 nitrogen and oxygen atoms in total. The Morgan fingerprint density at radius 2 is 1.92 bits per heavy atom. The van der Waals surface area contributed by atoms with Gasteiger partial charge in [0.1, 0.15) is 11.5 Å². The van der Waals surface area contributed by atoms with E-state index in [-0.39, 0.29) is 0 Å². The second kappa shape index (κ2) is 7.23. The highest BCUT2D eigenvalue weighted by Gasteiger charge is 2.04. The van der Waals surface area contributed by atoms with Crippen LogP contribution in [0.3, 0.4) is 0 Å². The summed E-state index contributed by atoms with van der Waals surface area (Å²) in [5, 5.41) is 8.18. The number of hydrogen-bond acceptors (Lipinski definition) is 3. The number of hydrogen-bond donors (Lipinski definition) is 1. The first-order valence-corrected chi connectivity index (χ1v) is 8.64. The van der Waals surface area contributed by atoms with Gasteiger partial charge in [-0.15, -0.1) is 0 Å². The average Bonchev–Trinajstić information content (AvgIpc) is 3.15. The molecule has 2 aromatic heterocycles. The average molecular weight is 341 g/mol. The number of allylic oxidation sites excluding steroid dienone is 1. The van der Waals surface area contributed by atoms with Crippen LogP contribution < -0.4 is 4.74 Å². The fraction of sp³-hybridized carbons (Fsp3) is 0.0909. The van der Waals surface area contributed by atoms with Gasteiger partial charge in [-0.3, -0.25) is 10.1 Å². The summed E-state index contributed by atoms with van der Waals surface area (Å²) in [6, 6.07) is 18.2. The van der Waals surface area contributed by atoms with E-state index in [4.69, 9.17) is 4.74 Å². The van der Waals surface area contributed by atoms with Crippen LogP contribution in [0, 0.1) is 0 Å². The molecule has 2 heterocycles. The Morgan fingerprint density at radius 1 is 1.04 bits per heavy atom. The highest BCUT2D eigenvalue weighted by molar-refractivity contribution is 5.86. The first kappa shape index (κ1) is 16.1. The topological polar surface area (TPSA) is 50.8 Å². The van der Waals surface area contributed by atoms with E-state index in [9.17, 15) is 0 Å². The monoisotopic (exact) mass is 341 g/mol. The van der Waals surface area contributed by atoms with Crippen molar-refractivity contribution in [2.24, 2.45) is 0 Å². The van der Waals surface area contributed by atoms with E-state index in [1.165, 1.54) is 5.57 Å². The number of nitrogens with one attached hydrogen (secondary N) is 1. The summed E-state index contributed by atoms with van der Waals surface area (Å²) in [5.41, 5.74) is 4.63. The third kappa shape index (κ3) is 3.49. The van der Waals surface area contributed by atoms with Gasteiger partial charge in [-0.2, -0.15) is 5.10 Å². The first-order valence-electron chi connectivity index (χ1n) is 8.64. The molecular weight excluding hydrogens is 322 g/mol. The van der Waals surface area contributed by atoms with Crippen molar-refractivity contribution in [1.82, 2.24) is 15.2 Å². The Labute approximate surface area is 152 Å². The lowest BCUT2D eigenvalue weighted by molar-refractivity contribution is 0.482. The molecule has 4 rings (SSSR count). The maximum atomic E-state index is 5.93. The molecule has 0 bridgehead atoms. The lowest BCUT2D eigenvalue weighted by Crippen LogP contribution is -1.88. The second-order valence-electron chi connectivity index (χ2n) is 6.05. The van der Waals surface area contributed by atoms with Crippen molar-refractivity contribution in [2.75, 3.05) is 0 Å². The summed E-state index contributed by atoms with van der Waals surface area (Å²) in [4.78, 5) is 4.01. The van der Waals surface area contributed by atoms with E-state index in [2.05, 4.69) is 58.5 Å². The predicted molar refractivity (Wildman–Crippen MR) is 105 cm³/mol. The predicted octanol–water partition coefficient (Wildman–Crippen LogP) is 5.70. The van der Waals surface area contributed by atoms with Gasteiger partial charge in [0.2, 0.25) is 0 Å². The zero-order chi connectivity index (χ0) is 17.8. The van der Waals surface area contributed by atoms with Crippen molar-refractivity contribution in [3.63, 3.8) is 0 Å². The highest BCUT2D eigenvalue weighted by Crippen LogP contribution is 2.28. The number of H-pyrrole nitrogens is 1. The van der Waals surface area contributed by atoms with Crippen molar-refractivity contribution in [3.8, 4) is 11.5 Å². The van der Waals surface area contributed by atoms with Crippen LogP contribution >= 0.6 is 0 Å². The Morgan fingerprint density at radius 3 is 2.77 bits per heavy atom. The fourth-order valence-electron chi connectivity index (χ4n) is 2.94. The molecule has 0 unspecified atom stereocenters. The molecule has 0 atom stereocenters. The number of aromatic nitrogens is 3. The summed E-state index contributed by atoms with van der Waals surface area (Å²) in [7, 11) is 0. The van der Waals surface area contributed by atoms with Gasteiger partial charge in [0, 0.05) is 17.8 Å². The number of rotatable bonds is 5. The molecule has 2 aromatic carbocycles. The molecule has 0 saturated carbocycles. The van der Waals surface area contributed by atoms with Gasteiger partial charge >= 0.3 is 0 Å². The molecule has 0 fully saturated rings. The van der Waals surface area contributed by atoms with Crippen LogP contribution in [0.4, 0.5) is 0 Å². The number of ether oxygens (including phenoxy) is 1.